The predicted molar refractivity (Wildman–Crippen MR) is 114 cm³/mol. The van der Waals surface area contributed by atoms with Crippen LogP contribution in [0.4, 0.5) is 0 Å². The Morgan fingerprint density at radius 2 is 0.917 bits per heavy atom. The van der Waals surface area contributed by atoms with Gasteiger partial charge in [0.25, 0.3) is 0 Å². The third kappa shape index (κ3) is 6.17. The Hall–Kier alpha value is -0.600. The van der Waals surface area contributed by atoms with Crippen LogP contribution in [-0.4, -0.2) is 163 Å². The average Bonchev–Trinajstić information content (AvgIpc) is 2.85. The number of aliphatic hydroxyl groups excluding tert-OH is 10. The van der Waals surface area contributed by atoms with Gasteiger partial charge in [0.05, 0.1) is 25.9 Å². The van der Waals surface area contributed by atoms with Crippen LogP contribution < -0.4 is 0 Å². The number of hydrogen-bond donors (Lipinski definition) is 10. The van der Waals surface area contributed by atoms with Crippen molar-refractivity contribution in [2.45, 2.75) is 106 Å². The van der Waals surface area contributed by atoms with Crippen LogP contribution in [-0.2, 0) is 23.7 Å². The normalized spacial score (nSPS) is 50.4. The molecular weight excluding hydrogens is 492 g/mol. The summed E-state index contributed by atoms with van der Waals surface area (Å²) in [5, 5.41) is 100. The van der Waals surface area contributed by atoms with Gasteiger partial charge in [0.1, 0.15) is 73.2 Å². The minimum atomic E-state index is -1.75. The zero-order valence-corrected chi connectivity index (χ0v) is 19.9. The fourth-order valence-corrected chi connectivity index (χ4v) is 4.44. The fraction of sp³-hybridized carbons (Fsp3) is 1.00. The van der Waals surface area contributed by atoms with E-state index in [-0.39, 0.29) is 5.92 Å². The lowest BCUT2D eigenvalue weighted by molar-refractivity contribution is -0.336. The van der Waals surface area contributed by atoms with Crippen molar-refractivity contribution in [3.05, 3.63) is 0 Å². The quantitative estimate of drug-likeness (QED) is 0.140. The van der Waals surface area contributed by atoms with Gasteiger partial charge in [-0.2, -0.15) is 0 Å². The highest BCUT2D eigenvalue weighted by Crippen LogP contribution is 2.29. The van der Waals surface area contributed by atoms with E-state index in [4.69, 9.17) is 23.7 Å². The number of aliphatic hydroxyl groups is 10. The lowest BCUT2D eigenvalue weighted by Crippen LogP contribution is -2.62. The van der Waals surface area contributed by atoms with Crippen LogP contribution in [0.15, 0.2) is 0 Å². The van der Waals surface area contributed by atoms with E-state index >= 15 is 0 Å². The number of ether oxygens (including phenoxy) is 5. The second kappa shape index (κ2) is 12.5. The van der Waals surface area contributed by atoms with Gasteiger partial charge in [-0.15, -0.1) is 0 Å². The van der Waals surface area contributed by atoms with Gasteiger partial charge in [-0.3, -0.25) is 0 Å². The van der Waals surface area contributed by atoms with Crippen LogP contribution in [0.25, 0.3) is 0 Å². The highest BCUT2D eigenvalue weighted by atomic mass is 16.7. The van der Waals surface area contributed by atoms with E-state index in [1.165, 1.54) is 0 Å². The van der Waals surface area contributed by atoms with E-state index in [1.54, 1.807) is 13.8 Å². The van der Waals surface area contributed by atoms with Crippen molar-refractivity contribution in [3.8, 4) is 0 Å². The van der Waals surface area contributed by atoms with Crippen LogP contribution in [0, 0.1) is 5.92 Å². The molecule has 0 radical (unpaired) electrons. The highest BCUT2D eigenvalue weighted by molar-refractivity contribution is 4.94. The first-order chi connectivity index (χ1) is 16.9. The summed E-state index contributed by atoms with van der Waals surface area (Å²) in [6.07, 6.45) is -22.0. The first-order valence-electron chi connectivity index (χ1n) is 11.8. The third-order valence-corrected chi connectivity index (χ3v) is 6.77. The summed E-state index contributed by atoms with van der Waals surface area (Å²) in [7, 11) is 0. The maximum absolute atomic E-state index is 10.3. The maximum atomic E-state index is 10.3. The van der Waals surface area contributed by atoms with Crippen molar-refractivity contribution in [2.75, 3.05) is 19.8 Å². The average molecular weight is 531 g/mol. The molecule has 0 aromatic rings. The third-order valence-electron chi connectivity index (χ3n) is 6.77. The summed E-state index contributed by atoms with van der Waals surface area (Å²) in [6, 6.07) is 0. The molecule has 0 saturated carbocycles. The molecule has 6 unspecified atom stereocenters. The van der Waals surface area contributed by atoms with Gasteiger partial charge in [-0.25, -0.2) is 0 Å². The lowest BCUT2D eigenvalue weighted by atomic mass is 9.89. The molecule has 15 atom stereocenters. The van der Waals surface area contributed by atoms with Crippen molar-refractivity contribution in [2.24, 2.45) is 5.92 Å². The second-order valence-electron chi connectivity index (χ2n) is 9.73. The van der Waals surface area contributed by atoms with E-state index in [1.807, 2.05) is 0 Å². The first kappa shape index (κ1) is 29.9. The number of rotatable bonds is 8. The van der Waals surface area contributed by atoms with E-state index < -0.39 is 112 Å². The van der Waals surface area contributed by atoms with Crippen molar-refractivity contribution >= 4 is 0 Å². The van der Waals surface area contributed by atoms with Crippen LogP contribution in [0.2, 0.25) is 0 Å². The highest BCUT2D eigenvalue weighted by Gasteiger charge is 2.49. The minimum Gasteiger partial charge on any atom is -0.394 e. The SMILES string of the molecule is CC(C)[C@H]1OC(CO[C@H]2OC(CO[C@H]3OC(CO)[C@@H](O)[C@H](O)C3O)[C@@H](O)[C@H](O)C2O)[C@@H](O)[C@H](O)C1O. The Morgan fingerprint density at radius 3 is 1.36 bits per heavy atom. The van der Waals surface area contributed by atoms with Crippen LogP contribution >= 0.6 is 0 Å². The van der Waals surface area contributed by atoms with Crippen molar-refractivity contribution < 1.29 is 74.7 Å². The van der Waals surface area contributed by atoms with Crippen molar-refractivity contribution in [3.63, 3.8) is 0 Å². The summed E-state index contributed by atoms with van der Waals surface area (Å²) in [4.78, 5) is 0. The molecule has 3 heterocycles. The van der Waals surface area contributed by atoms with Gasteiger partial charge >= 0.3 is 0 Å². The summed E-state index contributed by atoms with van der Waals surface area (Å²) < 4.78 is 27.2. The molecule has 10 N–H and O–H groups in total. The van der Waals surface area contributed by atoms with Gasteiger partial charge in [0, 0.05) is 0 Å². The molecule has 3 rings (SSSR count). The molecule has 212 valence electrons. The van der Waals surface area contributed by atoms with Gasteiger partial charge in [-0.05, 0) is 5.92 Å². The molecule has 3 saturated heterocycles. The molecule has 0 bridgehead atoms. The van der Waals surface area contributed by atoms with Crippen LogP contribution in [0.1, 0.15) is 13.8 Å². The summed E-state index contributed by atoms with van der Waals surface area (Å²) >= 11 is 0. The van der Waals surface area contributed by atoms with Crippen molar-refractivity contribution in [1.82, 2.24) is 0 Å². The standard InChI is InChI=1S/C21H38O15/c1-6(2)19-16(29)13(26)11(24)8(34-19)4-32-21-18(31)15(28)12(25)9(36-21)5-33-20-17(30)14(27)10(23)7(3-22)35-20/h6-31H,3-5H2,1-2H3/t7?,8?,9?,10-,11-,12-,13+,14+,15+,16?,17?,18?,19-,20+,21+/m1/s1. The monoisotopic (exact) mass is 530 g/mol. The molecule has 3 aliphatic rings. The predicted octanol–water partition coefficient (Wildman–Crippen LogP) is -5.87. The Balaban J connectivity index is 1.60. The molecule has 0 amide bonds. The summed E-state index contributed by atoms with van der Waals surface area (Å²) in [5.74, 6) is -0.206. The first-order valence-corrected chi connectivity index (χ1v) is 11.8. The second-order valence-corrected chi connectivity index (χ2v) is 9.73. The smallest absolute Gasteiger partial charge is 0.186 e. The number of hydrogen-bond acceptors (Lipinski definition) is 15. The molecule has 3 aliphatic heterocycles. The molecule has 0 aromatic carbocycles. The molecule has 0 aromatic heterocycles. The van der Waals surface area contributed by atoms with E-state index in [9.17, 15) is 51.1 Å². The largest absolute Gasteiger partial charge is 0.394 e. The molecule has 0 aliphatic carbocycles. The summed E-state index contributed by atoms with van der Waals surface area (Å²) in [5.41, 5.74) is 0. The molecule has 15 heteroatoms. The van der Waals surface area contributed by atoms with Gasteiger partial charge in [-0.1, -0.05) is 13.8 Å². The topological polar surface area (TPSA) is 248 Å². The van der Waals surface area contributed by atoms with Crippen molar-refractivity contribution in [1.29, 1.82) is 0 Å². The molecular formula is C21H38O15. The van der Waals surface area contributed by atoms with Gasteiger partial charge in [0.2, 0.25) is 0 Å². The van der Waals surface area contributed by atoms with E-state index in [0.29, 0.717) is 0 Å². The zero-order valence-electron chi connectivity index (χ0n) is 19.9. The van der Waals surface area contributed by atoms with E-state index in [2.05, 4.69) is 0 Å². The van der Waals surface area contributed by atoms with Crippen LogP contribution in [0.5, 0.6) is 0 Å². The summed E-state index contributed by atoms with van der Waals surface area (Å²) in [6.45, 7) is 1.88. The zero-order chi connectivity index (χ0) is 26.9. The Morgan fingerprint density at radius 1 is 0.528 bits per heavy atom. The van der Waals surface area contributed by atoms with E-state index in [0.717, 1.165) is 0 Å². The Bertz CT molecular complexity index is 682. The fourth-order valence-electron chi connectivity index (χ4n) is 4.44. The maximum Gasteiger partial charge on any atom is 0.186 e. The lowest BCUT2D eigenvalue weighted by Gasteiger charge is -2.44. The molecule has 15 nitrogen and oxygen atoms in total. The van der Waals surface area contributed by atoms with Crippen LogP contribution in [0.3, 0.4) is 0 Å². The van der Waals surface area contributed by atoms with Gasteiger partial charge in [0.15, 0.2) is 12.6 Å². The minimum absolute atomic E-state index is 0.206. The Labute approximate surface area is 207 Å². The molecule has 0 spiro atoms. The molecule has 3 fully saturated rings. The Kier molecular flexibility index (Phi) is 10.4. The molecule has 36 heavy (non-hydrogen) atoms. The van der Waals surface area contributed by atoms with Gasteiger partial charge < -0.3 is 74.7 Å².